The normalized spacial score (nSPS) is 19.7. The van der Waals surface area contributed by atoms with Crippen molar-refractivity contribution in [3.8, 4) is 0 Å². The van der Waals surface area contributed by atoms with Gasteiger partial charge in [-0.05, 0) is 37.3 Å². The standard InChI is InChI=1S/C15H21FN2O2/c1-2-5-12-6-4-10-17(11-9-12)14-8-3-7-13(16)15(14)18(19)20/h3,7-8,12H,2,4-6,9-11H2,1H3. The van der Waals surface area contributed by atoms with Crippen LogP contribution >= 0.6 is 0 Å². The van der Waals surface area contributed by atoms with Crippen molar-refractivity contribution in [1.29, 1.82) is 0 Å². The fourth-order valence-electron chi connectivity index (χ4n) is 3.04. The first-order valence-electron chi connectivity index (χ1n) is 7.31. The molecule has 0 spiro atoms. The Morgan fingerprint density at radius 1 is 1.40 bits per heavy atom. The minimum Gasteiger partial charge on any atom is -0.366 e. The molecule has 0 saturated carbocycles. The van der Waals surface area contributed by atoms with Crippen LogP contribution in [0.5, 0.6) is 0 Å². The number of nitro benzene ring substituents is 1. The van der Waals surface area contributed by atoms with Crippen LogP contribution in [0.15, 0.2) is 18.2 Å². The summed E-state index contributed by atoms with van der Waals surface area (Å²) in [5, 5.41) is 11.1. The third-order valence-electron chi connectivity index (χ3n) is 4.03. The average molecular weight is 280 g/mol. The number of para-hydroxylation sites is 1. The van der Waals surface area contributed by atoms with Gasteiger partial charge in [0.1, 0.15) is 5.69 Å². The number of hydrogen-bond acceptors (Lipinski definition) is 3. The highest BCUT2D eigenvalue weighted by atomic mass is 19.1. The highest BCUT2D eigenvalue weighted by Crippen LogP contribution is 2.33. The van der Waals surface area contributed by atoms with Crippen molar-refractivity contribution in [1.82, 2.24) is 0 Å². The van der Waals surface area contributed by atoms with Gasteiger partial charge >= 0.3 is 5.69 Å². The van der Waals surface area contributed by atoms with Crippen LogP contribution in [0.1, 0.15) is 39.0 Å². The molecule has 1 atom stereocenters. The Labute approximate surface area is 118 Å². The van der Waals surface area contributed by atoms with Crippen LogP contribution in [-0.2, 0) is 0 Å². The zero-order valence-electron chi connectivity index (χ0n) is 11.8. The molecule has 0 aromatic heterocycles. The van der Waals surface area contributed by atoms with Crippen LogP contribution < -0.4 is 4.90 Å². The van der Waals surface area contributed by atoms with Crippen molar-refractivity contribution in [2.24, 2.45) is 5.92 Å². The van der Waals surface area contributed by atoms with E-state index in [9.17, 15) is 14.5 Å². The van der Waals surface area contributed by atoms with Gasteiger partial charge in [0.05, 0.1) is 4.92 Å². The molecule has 5 heteroatoms. The highest BCUT2D eigenvalue weighted by molar-refractivity contribution is 5.63. The number of hydrogen-bond donors (Lipinski definition) is 0. The van der Waals surface area contributed by atoms with E-state index >= 15 is 0 Å². The van der Waals surface area contributed by atoms with E-state index in [-0.39, 0.29) is 5.69 Å². The SMILES string of the molecule is CCCC1CCCN(c2cccc(F)c2[N+](=O)[O-])CC1. The summed E-state index contributed by atoms with van der Waals surface area (Å²) >= 11 is 0. The summed E-state index contributed by atoms with van der Waals surface area (Å²) in [5.74, 6) is -0.0560. The summed E-state index contributed by atoms with van der Waals surface area (Å²) in [7, 11) is 0. The van der Waals surface area contributed by atoms with Crippen LogP contribution in [0.4, 0.5) is 15.8 Å². The molecule has 1 aliphatic heterocycles. The van der Waals surface area contributed by atoms with Gasteiger partial charge in [-0.2, -0.15) is 4.39 Å². The van der Waals surface area contributed by atoms with Gasteiger partial charge < -0.3 is 4.90 Å². The van der Waals surface area contributed by atoms with E-state index in [0.717, 1.165) is 38.4 Å². The van der Waals surface area contributed by atoms with Gasteiger partial charge in [0.25, 0.3) is 0 Å². The number of nitrogens with zero attached hydrogens (tertiary/aromatic N) is 2. The Balaban J connectivity index is 2.20. The predicted octanol–water partition coefficient (Wildman–Crippen LogP) is 4.14. The van der Waals surface area contributed by atoms with Crippen molar-refractivity contribution in [2.75, 3.05) is 18.0 Å². The summed E-state index contributed by atoms with van der Waals surface area (Å²) in [6.07, 6.45) is 5.58. The largest absolute Gasteiger partial charge is 0.366 e. The Hall–Kier alpha value is -1.65. The molecule has 20 heavy (non-hydrogen) atoms. The molecule has 0 amide bonds. The van der Waals surface area contributed by atoms with Gasteiger partial charge in [-0.25, -0.2) is 0 Å². The van der Waals surface area contributed by atoms with E-state index in [0.29, 0.717) is 11.6 Å². The molecule has 1 fully saturated rings. The lowest BCUT2D eigenvalue weighted by Crippen LogP contribution is -2.25. The second kappa shape index (κ2) is 6.68. The molecule has 1 aliphatic rings. The molecule has 1 aromatic carbocycles. The second-order valence-electron chi connectivity index (χ2n) is 5.44. The van der Waals surface area contributed by atoms with Gasteiger partial charge in [-0.15, -0.1) is 0 Å². The van der Waals surface area contributed by atoms with E-state index in [1.54, 1.807) is 12.1 Å². The number of halogens is 1. The fraction of sp³-hybridized carbons (Fsp3) is 0.600. The Morgan fingerprint density at radius 2 is 2.20 bits per heavy atom. The molecule has 1 aromatic rings. The Bertz CT molecular complexity index is 479. The third-order valence-corrected chi connectivity index (χ3v) is 4.03. The maximum absolute atomic E-state index is 13.7. The maximum atomic E-state index is 13.7. The van der Waals surface area contributed by atoms with E-state index < -0.39 is 10.7 Å². The average Bonchev–Trinajstić information content (AvgIpc) is 2.64. The van der Waals surface area contributed by atoms with Crippen molar-refractivity contribution in [3.05, 3.63) is 34.1 Å². The van der Waals surface area contributed by atoms with E-state index in [1.807, 2.05) is 4.90 Å². The molecule has 0 N–H and O–H groups in total. The zero-order valence-corrected chi connectivity index (χ0v) is 11.8. The number of rotatable bonds is 4. The Kier molecular flexibility index (Phi) is 4.93. The lowest BCUT2D eigenvalue weighted by atomic mass is 9.96. The first kappa shape index (κ1) is 14.8. The molecule has 1 unspecified atom stereocenters. The summed E-state index contributed by atoms with van der Waals surface area (Å²) in [6, 6.07) is 4.35. The predicted molar refractivity (Wildman–Crippen MR) is 77.5 cm³/mol. The monoisotopic (exact) mass is 280 g/mol. The molecule has 0 aliphatic carbocycles. The molecular weight excluding hydrogens is 259 g/mol. The quantitative estimate of drug-likeness (QED) is 0.615. The fourth-order valence-corrected chi connectivity index (χ4v) is 3.04. The van der Waals surface area contributed by atoms with Crippen LogP contribution in [0.25, 0.3) is 0 Å². The van der Waals surface area contributed by atoms with Crippen LogP contribution in [0.3, 0.4) is 0 Å². The molecule has 110 valence electrons. The van der Waals surface area contributed by atoms with E-state index in [1.165, 1.54) is 12.8 Å². The molecule has 1 saturated heterocycles. The molecule has 0 bridgehead atoms. The smallest absolute Gasteiger partial charge is 0.327 e. The Morgan fingerprint density at radius 3 is 2.90 bits per heavy atom. The molecule has 1 heterocycles. The topological polar surface area (TPSA) is 46.4 Å². The van der Waals surface area contributed by atoms with Crippen LogP contribution in [-0.4, -0.2) is 18.0 Å². The zero-order chi connectivity index (χ0) is 14.5. The van der Waals surface area contributed by atoms with Gasteiger partial charge in [0, 0.05) is 13.1 Å². The minimum atomic E-state index is -0.748. The number of anilines is 1. The van der Waals surface area contributed by atoms with E-state index in [2.05, 4.69) is 6.92 Å². The first-order chi connectivity index (χ1) is 9.63. The van der Waals surface area contributed by atoms with Gasteiger partial charge in [-0.3, -0.25) is 10.1 Å². The molecule has 2 rings (SSSR count). The van der Waals surface area contributed by atoms with Crippen molar-refractivity contribution < 1.29 is 9.31 Å². The van der Waals surface area contributed by atoms with Crippen molar-refractivity contribution in [3.63, 3.8) is 0 Å². The van der Waals surface area contributed by atoms with Gasteiger partial charge in [0.2, 0.25) is 5.82 Å². The summed E-state index contributed by atoms with van der Waals surface area (Å²) in [6.45, 7) is 3.72. The molecular formula is C15H21FN2O2. The third kappa shape index (κ3) is 3.26. The molecule has 0 radical (unpaired) electrons. The number of nitro groups is 1. The molecule has 4 nitrogen and oxygen atoms in total. The summed E-state index contributed by atoms with van der Waals surface area (Å²) < 4.78 is 13.7. The van der Waals surface area contributed by atoms with Crippen molar-refractivity contribution in [2.45, 2.75) is 39.0 Å². The highest BCUT2D eigenvalue weighted by Gasteiger charge is 2.25. The summed E-state index contributed by atoms with van der Waals surface area (Å²) in [4.78, 5) is 12.4. The summed E-state index contributed by atoms with van der Waals surface area (Å²) in [5.41, 5.74) is 0.0357. The van der Waals surface area contributed by atoms with Crippen LogP contribution in [0.2, 0.25) is 0 Å². The minimum absolute atomic E-state index is 0.388. The van der Waals surface area contributed by atoms with E-state index in [4.69, 9.17) is 0 Å². The van der Waals surface area contributed by atoms with Gasteiger partial charge in [-0.1, -0.05) is 25.8 Å². The number of benzene rings is 1. The first-order valence-corrected chi connectivity index (χ1v) is 7.31. The van der Waals surface area contributed by atoms with Crippen LogP contribution in [0, 0.1) is 21.8 Å². The maximum Gasteiger partial charge on any atom is 0.327 e. The lowest BCUT2D eigenvalue weighted by Gasteiger charge is -2.22. The second-order valence-corrected chi connectivity index (χ2v) is 5.44. The van der Waals surface area contributed by atoms with Gasteiger partial charge in [0.15, 0.2) is 0 Å². The lowest BCUT2D eigenvalue weighted by molar-refractivity contribution is -0.386. The van der Waals surface area contributed by atoms with Crippen molar-refractivity contribution >= 4 is 11.4 Å².